The number of rotatable bonds is 4. The topological polar surface area (TPSA) is 44.1 Å². The van der Waals surface area contributed by atoms with Gasteiger partial charge in [0.15, 0.2) is 0 Å². The Balaban J connectivity index is 2.39. The predicted molar refractivity (Wildman–Crippen MR) is 92.4 cm³/mol. The van der Waals surface area contributed by atoms with Gasteiger partial charge in [-0.3, -0.25) is 4.79 Å². The Morgan fingerprint density at radius 3 is 2.52 bits per heavy atom. The summed E-state index contributed by atoms with van der Waals surface area (Å²) >= 11 is 6.26. The number of hydrogen-bond donors (Lipinski definition) is 0. The first kappa shape index (κ1) is 17.5. The number of halogens is 1. The van der Waals surface area contributed by atoms with Crippen molar-refractivity contribution >= 4 is 17.6 Å². The molecule has 124 valence electrons. The predicted octanol–water partition coefficient (Wildman–Crippen LogP) is 4.99. The third-order valence-electron chi connectivity index (χ3n) is 3.26. The molecule has 5 heteroatoms. The van der Waals surface area contributed by atoms with Gasteiger partial charge in [0.05, 0.1) is 22.8 Å². The summed E-state index contributed by atoms with van der Waals surface area (Å²) in [6.07, 6.45) is 0.331. The van der Waals surface area contributed by atoms with Crippen molar-refractivity contribution in [2.45, 2.75) is 47.0 Å². The molecule has 0 N–H and O–H groups in total. The van der Waals surface area contributed by atoms with Crippen molar-refractivity contribution in [3.05, 3.63) is 41.0 Å². The number of carbonyl (C=O) groups is 1. The Hall–Kier alpha value is -1.81. The normalized spacial score (nSPS) is 11.8. The second-order valence-corrected chi connectivity index (χ2v) is 7.54. The summed E-state index contributed by atoms with van der Waals surface area (Å²) in [5.41, 5.74) is 1.41. The molecule has 0 amide bonds. The smallest absolute Gasteiger partial charge is 0.313 e. The average Bonchev–Trinajstić information content (AvgIpc) is 2.81. The van der Waals surface area contributed by atoms with E-state index in [0.717, 1.165) is 5.69 Å². The third kappa shape index (κ3) is 4.58. The highest BCUT2D eigenvalue weighted by Gasteiger charge is 2.21. The molecule has 2 rings (SSSR count). The quantitative estimate of drug-likeness (QED) is 0.740. The Morgan fingerprint density at radius 2 is 1.96 bits per heavy atom. The van der Waals surface area contributed by atoms with Gasteiger partial charge in [0.25, 0.3) is 0 Å². The van der Waals surface area contributed by atoms with Gasteiger partial charge >= 0.3 is 5.97 Å². The van der Waals surface area contributed by atoms with Crippen molar-refractivity contribution in [2.24, 2.45) is 5.41 Å². The van der Waals surface area contributed by atoms with Crippen LogP contribution in [0.1, 0.15) is 52.7 Å². The molecular weight excluding hydrogens is 312 g/mol. The summed E-state index contributed by atoms with van der Waals surface area (Å²) in [5.74, 6) is 0.343. The number of hydrogen-bond acceptors (Lipinski definition) is 3. The zero-order chi connectivity index (χ0) is 17.2. The average molecular weight is 335 g/mol. The van der Waals surface area contributed by atoms with Crippen molar-refractivity contribution < 1.29 is 9.53 Å². The summed E-state index contributed by atoms with van der Waals surface area (Å²) in [6.45, 7) is 10.1. The van der Waals surface area contributed by atoms with Gasteiger partial charge in [-0.2, -0.15) is 9.78 Å². The lowest BCUT2D eigenvalue weighted by atomic mass is 9.92. The molecule has 0 radical (unpaired) electrons. The number of ether oxygens (including phenoxy) is 1. The van der Waals surface area contributed by atoms with E-state index in [1.807, 2.05) is 52.8 Å². The number of nitrogens with zero attached hydrogens (tertiary/aromatic N) is 2. The Morgan fingerprint density at radius 1 is 1.30 bits per heavy atom. The van der Waals surface area contributed by atoms with Gasteiger partial charge in [0, 0.05) is 6.07 Å². The molecule has 0 saturated carbocycles. The largest absolute Gasteiger partial charge is 0.407 e. The van der Waals surface area contributed by atoms with E-state index < -0.39 is 0 Å². The summed E-state index contributed by atoms with van der Waals surface area (Å²) in [5, 5.41) is 5.10. The van der Waals surface area contributed by atoms with Gasteiger partial charge in [0.2, 0.25) is 5.88 Å². The van der Waals surface area contributed by atoms with E-state index >= 15 is 0 Å². The SMILES string of the molecule is CC(C)c1cc(OC(=O)CC(C)(C)C)n(-c2ccccc2Cl)n1. The van der Waals surface area contributed by atoms with Crippen LogP contribution in [0.3, 0.4) is 0 Å². The zero-order valence-electron chi connectivity index (χ0n) is 14.3. The molecule has 0 atom stereocenters. The van der Waals surface area contributed by atoms with Gasteiger partial charge in [-0.05, 0) is 23.5 Å². The lowest BCUT2D eigenvalue weighted by Crippen LogP contribution is -2.19. The van der Waals surface area contributed by atoms with Crippen LogP contribution in [0.15, 0.2) is 30.3 Å². The van der Waals surface area contributed by atoms with Crippen molar-refractivity contribution in [2.75, 3.05) is 0 Å². The Kier molecular flexibility index (Phi) is 5.15. The minimum absolute atomic E-state index is 0.132. The van der Waals surface area contributed by atoms with Crippen LogP contribution in [-0.4, -0.2) is 15.7 Å². The summed E-state index contributed by atoms with van der Waals surface area (Å²) < 4.78 is 7.16. The van der Waals surface area contributed by atoms with Gasteiger partial charge in [-0.1, -0.05) is 58.4 Å². The molecule has 0 aliphatic heterocycles. The van der Waals surface area contributed by atoms with Gasteiger partial charge in [0.1, 0.15) is 0 Å². The van der Waals surface area contributed by atoms with E-state index in [0.29, 0.717) is 23.0 Å². The van der Waals surface area contributed by atoms with Gasteiger partial charge < -0.3 is 4.74 Å². The number of benzene rings is 1. The van der Waals surface area contributed by atoms with Gasteiger partial charge in [-0.25, -0.2) is 0 Å². The molecule has 4 nitrogen and oxygen atoms in total. The lowest BCUT2D eigenvalue weighted by Gasteiger charge is -2.16. The highest BCUT2D eigenvalue weighted by Crippen LogP contribution is 2.29. The molecule has 0 bridgehead atoms. The molecule has 0 aliphatic rings. The van der Waals surface area contributed by atoms with Crippen LogP contribution in [0.4, 0.5) is 0 Å². The molecule has 1 heterocycles. The summed E-state index contributed by atoms with van der Waals surface area (Å²) in [6, 6.07) is 9.16. The first-order valence-electron chi connectivity index (χ1n) is 7.73. The molecule has 1 aromatic heterocycles. The molecule has 0 aliphatic carbocycles. The molecular formula is C18H23ClN2O2. The first-order valence-corrected chi connectivity index (χ1v) is 8.11. The number of aromatic nitrogens is 2. The van der Waals surface area contributed by atoms with Crippen LogP contribution in [0.5, 0.6) is 5.88 Å². The zero-order valence-corrected chi connectivity index (χ0v) is 15.0. The minimum Gasteiger partial charge on any atom is -0.407 e. The number of para-hydroxylation sites is 1. The summed E-state index contributed by atoms with van der Waals surface area (Å²) in [4.78, 5) is 12.2. The highest BCUT2D eigenvalue weighted by atomic mass is 35.5. The van der Waals surface area contributed by atoms with E-state index in [1.165, 1.54) is 0 Å². The van der Waals surface area contributed by atoms with Crippen molar-refractivity contribution in [1.29, 1.82) is 0 Å². The maximum atomic E-state index is 12.2. The van der Waals surface area contributed by atoms with E-state index in [-0.39, 0.29) is 17.3 Å². The fourth-order valence-corrected chi connectivity index (χ4v) is 2.33. The van der Waals surface area contributed by atoms with Crippen molar-refractivity contribution in [3.63, 3.8) is 0 Å². The lowest BCUT2D eigenvalue weighted by molar-refractivity contribution is -0.136. The molecule has 0 unspecified atom stereocenters. The number of carbonyl (C=O) groups excluding carboxylic acids is 1. The Labute approximate surface area is 142 Å². The monoisotopic (exact) mass is 334 g/mol. The molecule has 1 aromatic carbocycles. The van der Waals surface area contributed by atoms with E-state index in [2.05, 4.69) is 5.10 Å². The van der Waals surface area contributed by atoms with Gasteiger partial charge in [-0.15, -0.1) is 0 Å². The fraction of sp³-hybridized carbons (Fsp3) is 0.444. The van der Waals surface area contributed by atoms with Crippen LogP contribution >= 0.6 is 11.6 Å². The maximum absolute atomic E-state index is 12.2. The van der Waals surface area contributed by atoms with Crippen LogP contribution in [0, 0.1) is 5.41 Å². The minimum atomic E-state index is -0.277. The van der Waals surface area contributed by atoms with Crippen LogP contribution < -0.4 is 4.74 Å². The Bertz CT molecular complexity index is 699. The van der Waals surface area contributed by atoms with E-state index in [4.69, 9.17) is 16.3 Å². The van der Waals surface area contributed by atoms with E-state index in [9.17, 15) is 4.79 Å². The second-order valence-electron chi connectivity index (χ2n) is 7.14. The molecule has 0 spiro atoms. The highest BCUT2D eigenvalue weighted by molar-refractivity contribution is 6.32. The van der Waals surface area contributed by atoms with Crippen LogP contribution in [0.25, 0.3) is 5.69 Å². The second kappa shape index (κ2) is 6.75. The fourth-order valence-electron chi connectivity index (χ4n) is 2.12. The van der Waals surface area contributed by atoms with Crippen LogP contribution in [0.2, 0.25) is 5.02 Å². The van der Waals surface area contributed by atoms with E-state index in [1.54, 1.807) is 16.8 Å². The third-order valence-corrected chi connectivity index (χ3v) is 3.58. The first-order chi connectivity index (χ1) is 10.7. The van der Waals surface area contributed by atoms with Crippen LogP contribution in [-0.2, 0) is 4.79 Å². The standard InChI is InChI=1S/C18H23ClN2O2/c1-12(2)14-10-16(23-17(22)11-18(3,4)5)21(20-14)15-9-7-6-8-13(15)19/h6-10,12H,11H2,1-5H3. The van der Waals surface area contributed by atoms with Crippen molar-refractivity contribution in [1.82, 2.24) is 9.78 Å². The maximum Gasteiger partial charge on any atom is 0.313 e. The molecule has 23 heavy (non-hydrogen) atoms. The number of esters is 1. The molecule has 0 fully saturated rings. The van der Waals surface area contributed by atoms with Crippen molar-refractivity contribution in [3.8, 4) is 11.6 Å². The molecule has 2 aromatic rings. The summed E-state index contributed by atoms with van der Waals surface area (Å²) in [7, 11) is 0. The molecule has 0 saturated heterocycles.